The van der Waals surface area contributed by atoms with Crippen LogP contribution in [0, 0.1) is 0 Å². The van der Waals surface area contributed by atoms with Gasteiger partial charge in [-0.25, -0.2) is 0 Å². The zero-order chi connectivity index (χ0) is 11.4. The lowest BCUT2D eigenvalue weighted by Crippen LogP contribution is -2.23. The van der Waals surface area contributed by atoms with Gasteiger partial charge in [-0.1, -0.05) is 42.5 Å². The van der Waals surface area contributed by atoms with Crippen LogP contribution in [0.1, 0.15) is 10.4 Å². The molecule has 0 aromatic heterocycles. The Balaban J connectivity index is 0.00000144. The molecule has 0 aliphatic rings. The molecule has 0 atom stereocenters. The second-order valence-electron chi connectivity index (χ2n) is 3.53. The smallest absolute Gasteiger partial charge is 0.252 e. The second-order valence-corrected chi connectivity index (χ2v) is 3.53. The van der Waals surface area contributed by atoms with E-state index in [0.717, 1.165) is 10.8 Å². The molecule has 2 nitrogen and oxygen atoms in total. The van der Waals surface area contributed by atoms with Crippen LogP contribution in [0.4, 0.5) is 0 Å². The molecule has 17 heavy (non-hydrogen) atoms. The molecule has 2 aromatic rings. The SMILES string of the molecule is C=CCNC(=O)c1cccc2ccccc12.Cl. The van der Waals surface area contributed by atoms with Crippen LogP contribution in [0.3, 0.4) is 0 Å². The predicted molar refractivity (Wildman–Crippen MR) is 73.7 cm³/mol. The van der Waals surface area contributed by atoms with Gasteiger partial charge in [0.1, 0.15) is 0 Å². The summed E-state index contributed by atoms with van der Waals surface area (Å²) in [5, 5.41) is 4.84. The normalized spacial score (nSPS) is 9.41. The number of halogens is 1. The number of nitrogens with one attached hydrogen (secondary N) is 1. The Hall–Kier alpha value is -1.80. The first-order chi connectivity index (χ1) is 7.83. The molecule has 0 radical (unpaired) electrons. The van der Waals surface area contributed by atoms with Crippen molar-refractivity contribution in [3.05, 3.63) is 60.7 Å². The topological polar surface area (TPSA) is 29.1 Å². The third kappa shape index (κ3) is 2.86. The summed E-state index contributed by atoms with van der Waals surface area (Å²) in [5.74, 6) is -0.0586. The van der Waals surface area contributed by atoms with Crippen LogP contribution in [-0.2, 0) is 0 Å². The van der Waals surface area contributed by atoms with Crippen LogP contribution in [0.25, 0.3) is 10.8 Å². The molecule has 2 rings (SSSR count). The molecule has 1 N–H and O–H groups in total. The van der Waals surface area contributed by atoms with E-state index in [2.05, 4.69) is 11.9 Å². The highest BCUT2D eigenvalue weighted by Gasteiger charge is 2.07. The predicted octanol–water partition coefficient (Wildman–Crippen LogP) is 3.18. The lowest BCUT2D eigenvalue weighted by molar-refractivity contribution is 0.0959. The minimum absolute atomic E-state index is 0. The van der Waals surface area contributed by atoms with Gasteiger partial charge < -0.3 is 5.32 Å². The van der Waals surface area contributed by atoms with Gasteiger partial charge in [-0.15, -0.1) is 19.0 Å². The van der Waals surface area contributed by atoms with Gasteiger partial charge in [-0.05, 0) is 16.8 Å². The van der Waals surface area contributed by atoms with E-state index < -0.39 is 0 Å². The monoisotopic (exact) mass is 247 g/mol. The fraction of sp³-hybridized carbons (Fsp3) is 0.0714. The minimum atomic E-state index is -0.0586. The van der Waals surface area contributed by atoms with Gasteiger partial charge in [0.05, 0.1) is 0 Å². The Morgan fingerprint density at radius 2 is 1.88 bits per heavy atom. The Labute approximate surface area is 107 Å². The zero-order valence-corrected chi connectivity index (χ0v) is 10.2. The van der Waals surface area contributed by atoms with Gasteiger partial charge in [0, 0.05) is 12.1 Å². The Kier molecular flexibility index (Phi) is 4.73. The molecule has 0 aliphatic heterocycles. The summed E-state index contributed by atoms with van der Waals surface area (Å²) >= 11 is 0. The Morgan fingerprint density at radius 3 is 2.65 bits per heavy atom. The highest BCUT2D eigenvalue weighted by molar-refractivity contribution is 6.07. The van der Waals surface area contributed by atoms with Crippen LogP contribution in [0.2, 0.25) is 0 Å². The number of amides is 1. The standard InChI is InChI=1S/C14H13NO.ClH/c1-2-10-15-14(16)13-9-5-7-11-6-3-4-8-12(11)13;/h2-9H,1,10H2,(H,15,16);1H. The molecule has 0 aliphatic carbocycles. The largest absolute Gasteiger partial charge is 0.349 e. The number of fused-ring (bicyclic) bond motifs is 1. The average Bonchev–Trinajstić information content (AvgIpc) is 2.35. The van der Waals surface area contributed by atoms with Crippen LogP contribution in [0.5, 0.6) is 0 Å². The van der Waals surface area contributed by atoms with Crippen molar-refractivity contribution in [3.63, 3.8) is 0 Å². The summed E-state index contributed by atoms with van der Waals surface area (Å²) in [6.45, 7) is 4.06. The van der Waals surface area contributed by atoms with Crippen LogP contribution in [-0.4, -0.2) is 12.5 Å². The maximum atomic E-state index is 11.9. The number of carbonyl (C=O) groups excluding carboxylic acids is 1. The molecule has 0 fully saturated rings. The average molecular weight is 248 g/mol. The molecule has 1 amide bonds. The Bertz CT molecular complexity index is 531. The van der Waals surface area contributed by atoms with Crippen molar-refractivity contribution >= 4 is 29.1 Å². The molecular weight excluding hydrogens is 234 g/mol. The fourth-order valence-corrected chi connectivity index (χ4v) is 1.68. The molecule has 0 heterocycles. The molecule has 2 aromatic carbocycles. The number of rotatable bonds is 3. The Morgan fingerprint density at radius 1 is 1.18 bits per heavy atom. The zero-order valence-electron chi connectivity index (χ0n) is 9.35. The molecule has 0 bridgehead atoms. The first kappa shape index (κ1) is 13.3. The number of hydrogen-bond donors (Lipinski definition) is 1. The summed E-state index contributed by atoms with van der Waals surface area (Å²) in [6, 6.07) is 13.6. The summed E-state index contributed by atoms with van der Waals surface area (Å²) in [5.41, 5.74) is 0.708. The lowest BCUT2D eigenvalue weighted by Gasteiger charge is -2.06. The van der Waals surface area contributed by atoms with E-state index in [1.807, 2.05) is 42.5 Å². The van der Waals surface area contributed by atoms with E-state index in [1.165, 1.54) is 0 Å². The summed E-state index contributed by atoms with van der Waals surface area (Å²) in [7, 11) is 0. The van der Waals surface area contributed by atoms with Crippen molar-refractivity contribution < 1.29 is 4.79 Å². The summed E-state index contributed by atoms with van der Waals surface area (Å²) < 4.78 is 0. The first-order valence-electron chi connectivity index (χ1n) is 5.20. The number of benzene rings is 2. The summed E-state index contributed by atoms with van der Waals surface area (Å²) in [4.78, 5) is 11.9. The van der Waals surface area contributed by atoms with Crippen molar-refractivity contribution in [1.29, 1.82) is 0 Å². The molecule has 0 unspecified atom stereocenters. The van der Waals surface area contributed by atoms with Crippen molar-refractivity contribution in [3.8, 4) is 0 Å². The maximum absolute atomic E-state index is 11.9. The van der Waals surface area contributed by atoms with Gasteiger partial charge in [-0.2, -0.15) is 0 Å². The van der Waals surface area contributed by atoms with Gasteiger partial charge in [0.2, 0.25) is 0 Å². The van der Waals surface area contributed by atoms with Crippen LogP contribution < -0.4 is 5.32 Å². The lowest BCUT2D eigenvalue weighted by atomic mass is 10.0. The maximum Gasteiger partial charge on any atom is 0.252 e. The van der Waals surface area contributed by atoms with Gasteiger partial charge in [0.25, 0.3) is 5.91 Å². The summed E-state index contributed by atoms with van der Waals surface area (Å²) in [6.07, 6.45) is 1.67. The van der Waals surface area contributed by atoms with E-state index in [9.17, 15) is 4.79 Å². The van der Waals surface area contributed by atoms with Crippen molar-refractivity contribution in [2.75, 3.05) is 6.54 Å². The van der Waals surface area contributed by atoms with Gasteiger partial charge in [-0.3, -0.25) is 4.79 Å². The quantitative estimate of drug-likeness (QED) is 0.830. The molecule has 3 heteroatoms. The van der Waals surface area contributed by atoms with E-state index in [4.69, 9.17) is 0 Å². The van der Waals surface area contributed by atoms with Gasteiger partial charge >= 0.3 is 0 Å². The van der Waals surface area contributed by atoms with Crippen molar-refractivity contribution in [2.24, 2.45) is 0 Å². The van der Waals surface area contributed by atoms with Crippen LogP contribution >= 0.6 is 12.4 Å². The second kappa shape index (κ2) is 6.06. The molecule has 0 spiro atoms. The first-order valence-corrected chi connectivity index (χ1v) is 5.20. The van der Waals surface area contributed by atoms with Crippen LogP contribution in [0.15, 0.2) is 55.1 Å². The third-order valence-electron chi connectivity index (χ3n) is 2.44. The highest BCUT2D eigenvalue weighted by atomic mass is 35.5. The third-order valence-corrected chi connectivity index (χ3v) is 2.44. The molecular formula is C14H14ClNO. The molecule has 0 saturated carbocycles. The fourth-order valence-electron chi connectivity index (χ4n) is 1.68. The highest BCUT2D eigenvalue weighted by Crippen LogP contribution is 2.18. The van der Waals surface area contributed by atoms with Crippen molar-refractivity contribution in [1.82, 2.24) is 5.32 Å². The van der Waals surface area contributed by atoms with E-state index in [-0.39, 0.29) is 18.3 Å². The van der Waals surface area contributed by atoms with E-state index in [1.54, 1.807) is 6.08 Å². The number of hydrogen-bond acceptors (Lipinski definition) is 1. The van der Waals surface area contributed by atoms with Gasteiger partial charge in [0.15, 0.2) is 0 Å². The number of carbonyl (C=O) groups is 1. The van der Waals surface area contributed by atoms with Crippen molar-refractivity contribution in [2.45, 2.75) is 0 Å². The molecule has 0 saturated heterocycles. The van der Waals surface area contributed by atoms with E-state index >= 15 is 0 Å². The molecule has 88 valence electrons. The minimum Gasteiger partial charge on any atom is -0.349 e. The van der Waals surface area contributed by atoms with E-state index in [0.29, 0.717) is 12.1 Å².